The zero-order chi connectivity index (χ0) is 25.3. The van der Waals surface area contributed by atoms with Gasteiger partial charge in [-0.05, 0) is 18.2 Å². The number of nitrogens with zero attached hydrogens (tertiary/aromatic N) is 3. The van der Waals surface area contributed by atoms with Crippen molar-refractivity contribution in [3.05, 3.63) is 35.4 Å². The number of aliphatic hydroxyl groups is 2. The maximum atomic E-state index is 14.1. The zero-order valence-electron chi connectivity index (χ0n) is 18.2. The van der Waals surface area contributed by atoms with E-state index in [4.69, 9.17) is 11.5 Å². The van der Waals surface area contributed by atoms with Crippen LogP contribution in [0.5, 0.6) is 0 Å². The fourth-order valence-corrected chi connectivity index (χ4v) is 5.24. The Hall–Kier alpha value is -3.85. The Kier molecular flexibility index (Phi) is 4.96. The molecule has 1 aromatic carbocycles. The fourth-order valence-electron chi connectivity index (χ4n) is 5.24. The minimum atomic E-state index is -2.80. The molecule has 15 heteroatoms. The highest BCUT2D eigenvalue weighted by Crippen LogP contribution is 2.41. The van der Waals surface area contributed by atoms with Crippen LogP contribution >= 0.6 is 0 Å². The number of imide groups is 1. The maximum Gasteiger partial charge on any atom is 0.346 e. The lowest BCUT2D eigenvalue weighted by Gasteiger charge is -2.44. The Morgan fingerprint density at radius 3 is 2.63 bits per heavy atom. The Morgan fingerprint density at radius 2 is 1.94 bits per heavy atom. The van der Waals surface area contributed by atoms with Gasteiger partial charge in [0.25, 0.3) is 5.91 Å². The number of aliphatic imine (C=N–C) groups is 1. The van der Waals surface area contributed by atoms with Crippen LogP contribution < -0.4 is 27.4 Å². The normalized spacial score (nSPS) is 31.0. The largest absolute Gasteiger partial charge is 0.370 e. The predicted octanol–water partition coefficient (Wildman–Crippen LogP) is -3.81. The second kappa shape index (κ2) is 7.58. The summed E-state index contributed by atoms with van der Waals surface area (Å²) in [5.74, 6) is -6.75. The number of nitrogens with one attached hydrogen (secondary N) is 3. The van der Waals surface area contributed by atoms with Crippen molar-refractivity contribution in [3.8, 4) is 0 Å². The number of amides is 3. The van der Waals surface area contributed by atoms with E-state index in [1.54, 1.807) is 0 Å². The Morgan fingerprint density at radius 1 is 1.26 bits per heavy atom. The molecule has 2 saturated heterocycles. The highest BCUT2D eigenvalue weighted by molar-refractivity contribution is 6.02. The van der Waals surface area contributed by atoms with Crippen molar-refractivity contribution in [2.75, 3.05) is 13.1 Å². The van der Waals surface area contributed by atoms with E-state index in [-0.39, 0.29) is 49.7 Å². The van der Waals surface area contributed by atoms with Crippen LogP contribution in [0, 0.1) is 11.6 Å². The molecule has 0 radical (unpaired) electrons. The molecular weight excluding hydrogens is 470 g/mol. The van der Waals surface area contributed by atoms with E-state index in [0.717, 1.165) is 17.0 Å². The van der Waals surface area contributed by atoms with Gasteiger partial charge in [0.2, 0.25) is 23.3 Å². The average Bonchev–Trinajstić information content (AvgIpc) is 3.38. The van der Waals surface area contributed by atoms with Crippen LogP contribution in [0.25, 0.3) is 0 Å². The molecule has 4 aliphatic rings. The fraction of sp³-hybridized carbons (Fsp3) is 0.450. The number of hydrogen-bond donors (Lipinski definition) is 7. The summed E-state index contributed by atoms with van der Waals surface area (Å²) in [6, 6.07) is -1.12. The summed E-state index contributed by atoms with van der Waals surface area (Å²) in [6.45, 7) is -0.451. The Labute approximate surface area is 196 Å². The number of carbonyl (C=O) groups is 3. The number of likely N-dealkylation sites (tertiary alicyclic amines) is 1. The first-order valence-electron chi connectivity index (χ1n) is 10.8. The number of rotatable bonds is 4. The molecule has 186 valence electrons. The Balaban J connectivity index is 1.48. The lowest BCUT2D eigenvalue weighted by atomic mass is 9.85. The number of hydrogen-bond acceptors (Lipinski definition) is 10. The highest BCUT2D eigenvalue weighted by Gasteiger charge is 2.75. The van der Waals surface area contributed by atoms with Crippen molar-refractivity contribution in [1.29, 1.82) is 0 Å². The smallest absolute Gasteiger partial charge is 0.346 e. The van der Waals surface area contributed by atoms with Gasteiger partial charge in [-0.1, -0.05) is 0 Å². The lowest BCUT2D eigenvalue weighted by molar-refractivity contribution is -0.623. The van der Waals surface area contributed by atoms with Crippen molar-refractivity contribution in [1.82, 2.24) is 20.9 Å². The third kappa shape index (κ3) is 3.22. The van der Waals surface area contributed by atoms with Crippen LogP contribution in [0.15, 0.2) is 23.2 Å². The molecule has 0 bridgehead atoms. The molecule has 35 heavy (non-hydrogen) atoms. The van der Waals surface area contributed by atoms with E-state index in [2.05, 4.69) is 20.9 Å². The molecule has 3 amide bonds. The van der Waals surface area contributed by atoms with Crippen molar-refractivity contribution in [3.63, 3.8) is 0 Å². The molecule has 4 atom stereocenters. The van der Waals surface area contributed by atoms with Gasteiger partial charge in [-0.15, -0.1) is 0 Å². The summed E-state index contributed by atoms with van der Waals surface area (Å²) in [5.41, 5.74) is 9.55. The first kappa shape index (κ1) is 22.9. The standard InChI is InChI=1S/C20H22F2N8O5/c21-8-1-2-10(22)9(5-8)16(33)26-12-7-30-18(24)25-11(6-29-13(31)3-4-14(29)32)15-19(30,20(12,34)35)28-17(23)27-15/h1-2,5,11-12,15,34-35H,3-4,6-7H2,(H6,23,24,25,26,27,28,33)/p+1/t11-,12?,15-,19-/m0/s1. The van der Waals surface area contributed by atoms with Gasteiger partial charge in [-0.25, -0.2) is 18.3 Å². The van der Waals surface area contributed by atoms with Gasteiger partial charge in [0, 0.05) is 12.8 Å². The predicted molar refractivity (Wildman–Crippen MR) is 113 cm³/mol. The molecular formula is C20H23F2N8O5+. The second-order valence-electron chi connectivity index (χ2n) is 8.87. The molecule has 9 N–H and O–H groups in total. The van der Waals surface area contributed by atoms with E-state index < -0.39 is 52.7 Å². The van der Waals surface area contributed by atoms with Crippen LogP contribution in [0.2, 0.25) is 0 Å². The van der Waals surface area contributed by atoms with Gasteiger partial charge in [0.05, 0.1) is 18.7 Å². The molecule has 2 fully saturated rings. The molecule has 13 nitrogen and oxygen atoms in total. The van der Waals surface area contributed by atoms with E-state index >= 15 is 0 Å². The van der Waals surface area contributed by atoms with Crippen LogP contribution in [0.1, 0.15) is 23.2 Å². The third-order valence-corrected chi connectivity index (χ3v) is 6.88. The van der Waals surface area contributed by atoms with E-state index in [1.165, 1.54) is 4.58 Å². The molecule has 4 heterocycles. The number of guanidine groups is 2. The van der Waals surface area contributed by atoms with Crippen LogP contribution in [0.3, 0.4) is 0 Å². The molecule has 5 rings (SSSR count). The number of benzene rings is 1. The van der Waals surface area contributed by atoms with Gasteiger partial charge < -0.3 is 26.6 Å². The third-order valence-electron chi connectivity index (χ3n) is 6.88. The summed E-state index contributed by atoms with van der Waals surface area (Å²) in [6.07, 6.45) is 0.121. The van der Waals surface area contributed by atoms with Crippen LogP contribution in [-0.2, 0) is 9.59 Å². The first-order chi connectivity index (χ1) is 16.5. The van der Waals surface area contributed by atoms with Crippen molar-refractivity contribution in [2.45, 2.75) is 42.4 Å². The number of nitrogens with two attached hydrogens (primary N) is 2. The second-order valence-corrected chi connectivity index (χ2v) is 8.87. The van der Waals surface area contributed by atoms with Crippen LogP contribution in [0.4, 0.5) is 8.78 Å². The van der Waals surface area contributed by atoms with Gasteiger partial charge in [0.1, 0.15) is 29.8 Å². The maximum absolute atomic E-state index is 14.1. The Bertz CT molecular complexity index is 1200. The average molecular weight is 493 g/mol. The van der Waals surface area contributed by atoms with Crippen LogP contribution in [-0.4, -0.2) is 92.0 Å². The molecule has 1 spiro atoms. The van der Waals surface area contributed by atoms with Gasteiger partial charge >= 0.3 is 5.96 Å². The molecule has 0 aliphatic carbocycles. The van der Waals surface area contributed by atoms with Crippen molar-refractivity contribution < 1.29 is 38.0 Å². The monoisotopic (exact) mass is 493 g/mol. The van der Waals surface area contributed by atoms with E-state index in [0.29, 0.717) is 6.07 Å². The number of halogens is 2. The van der Waals surface area contributed by atoms with E-state index in [1.807, 2.05) is 0 Å². The lowest BCUT2D eigenvalue weighted by Crippen LogP contribution is -2.79. The first-order valence-corrected chi connectivity index (χ1v) is 10.8. The van der Waals surface area contributed by atoms with Gasteiger partial charge in [0.15, 0.2) is 5.96 Å². The minimum Gasteiger partial charge on any atom is -0.370 e. The van der Waals surface area contributed by atoms with Crippen molar-refractivity contribution >= 4 is 29.6 Å². The molecule has 0 saturated carbocycles. The summed E-state index contributed by atoms with van der Waals surface area (Å²) >= 11 is 0. The SMILES string of the molecule is NC1=N[C@H]2[C@H](CN3C(=O)CCC3=O)NC(N)=[N+]3CC(NC(=O)c4cc(F)ccc4F)C(O)(O)[C@]23N1. The van der Waals surface area contributed by atoms with E-state index in [9.17, 15) is 33.4 Å². The zero-order valence-corrected chi connectivity index (χ0v) is 18.2. The van der Waals surface area contributed by atoms with Crippen molar-refractivity contribution in [2.24, 2.45) is 16.5 Å². The summed E-state index contributed by atoms with van der Waals surface area (Å²) in [7, 11) is 0. The quantitative estimate of drug-likeness (QED) is 0.125. The van der Waals surface area contributed by atoms with Gasteiger partial charge in [-0.2, -0.15) is 0 Å². The summed E-state index contributed by atoms with van der Waals surface area (Å²) in [5, 5.41) is 30.7. The molecule has 1 aromatic rings. The number of carbonyl (C=O) groups excluding carboxylic acids is 3. The molecule has 4 aliphatic heterocycles. The summed E-state index contributed by atoms with van der Waals surface area (Å²) < 4.78 is 29.0. The molecule has 1 unspecified atom stereocenters. The van der Waals surface area contributed by atoms with Gasteiger partial charge in [-0.3, -0.25) is 30.3 Å². The topological polar surface area (TPSA) is 198 Å². The summed E-state index contributed by atoms with van der Waals surface area (Å²) in [4.78, 5) is 42.3. The molecule has 0 aromatic heterocycles. The highest BCUT2D eigenvalue weighted by atomic mass is 19.1. The minimum absolute atomic E-state index is 0.0605.